The smallest absolute Gasteiger partial charge is 0.0819 e. The summed E-state index contributed by atoms with van der Waals surface area (Å²) in [5, 5.41) is 15.2. The molecule has 4 aromatic rings. The van der Waals surface area contributed by atoms with Crippen LogP contribution in [0.2, 0.25) is 5.02 Å². The molecule has 0 spiro atoms. The number of fused-ring (bicyclic) bond motifs is 4. The van der Waals surface area contributed by atoms with Crippen LogP contribution in [0.5, 0.6) is 0 Å². The van der Waals surface area contributed by atoms with E-state index in [2.05, 4.69) is 50.2 Å². The van der Waals surface area contributed by atoms with E-state index < -0.39 is 6.10 Å². The second-order valence-electron chi connectivity index (χ2n) is 8.60. The van der Waals surface area contributed by atoms with Crippen molar-refractivity contribution in [3.8, 4) is 11.1 Å². The SMILES string of the molecule is CC1(C)Cc2nc3c(ccc4ccccc43)c(-c3ccc(Cl)cc3)c2C(O)C1. The quantitative estimate of drug-likeness (QED) is 0.368. The molecule has 0 saturated heterocycles. The molecule has 1 aliphatic rings. The summed E-state index contributed by atoms with van der Waals surface area (Å²) >= 11 is 6.14. The number of benzene rings is 3. The minimum Gasteiger partial charge on any atom is -0.388 e. The Morgan fingerprint density at radius 2 is 1.71 bits per heavy atom. The van der Waals surface area contributed by atoms with E-state index in [1.165, 1.54) is 5.39 Å². The van der Waals surface area contributed by atoms with Crippen LogP contribution in [0.15, 0.2) is 60.7 Å². The van der Waals surface area contributed by atoms with E-state index in [9.17, 15) is 5.11 Å². The minimum atomic E-state index is -0.521. The summed E-state index contributed by atoms with van der Waals surface area (Å²) in [5.74, 6) is 0. The third-order valence-corrected chi connectivity index (χ3v) is 6.11. The Morgan fingerprint density at radius 3 is 2.50 bits per heavy atom. The van der Waals surface area contributed by atoms with Crippen LogP contribution >= 0.6 is 11.6 Å². The van der Waals surface area contributed by atoms with Gasteiger partial charge in [0.05, 0.1) is 11.6 Å². The Balaban J connectivity index is 1.93. The Labute approximate surface area is 169 Å². The molecule has 2 nitrogen and oxygen atoms in total. The zero-order valence-electron chi connectivity index (χ0n) is 16.0. The van der Waals surface area contributed by atoms with Crippen molar-refractivity contribution < 1.29 is 5.11 Å². The van der Waals surface area contributed by atoms with Crippen molar-refractivity contribution >= 4 is 33.3 Å². The van der Waals surface area contributed by atoms with Crippen LogP contribution in [-0.2, 0) is 6.42 Å². The van der Waals surface area contributed by atoms with E-state index in [1.807, 2.05) is 24.3 Å². The van der Waals surface area contributed by atoms with Crippen molar-refractivity contribution in [3.63, 3.8) is 0 Å². The van der Waals surface area contributed by atoms with Gasteiger partial charge in [-0.3, -0.25) is 4.98 Å². The lowest BCUT2D eigenvalue weighted by molar-refractivity contribution is 0.0990. The number of nitrogens with zero attached hydrogens (tertiary/aromatic N) is 1. The van der Waals surface area contributed by atoms with E-state index in [0.29, 0.717) is 5.02 Å². The summed E-state index contributed by atoms with van der Waals surface area (Å²) in [6.45, 7) is 4.41. The van der Waals surface area contributed by atoms with E-state index in [4.69, 9.17) is 16.6 Å². The number of rotatable bonds is 1. The molecule has 0 saturated carbocycles. The third kappa shape index (κ3) is 2.80. The molecule has 1 heterocycles. The van der Waals surface area contributed by atoms with Gasteiger partial charge in [0.1, 0.15) is 0 Å². The average molecular weight is 388 g/mol. The predicted octanol–water partition coefficient (Wildman–Crippen LogP) is 6.71. The van der Waals surface area contributed by atoms with Gasteiger partial charge >= 0.3 is 0 Å². The molecule has 1 N–H and O–H groups in total. The molecular weight excluding hydrogens is 366 g/mol. The van der Waals surface area contributed by atoms with Gasteiger partial charge in [0, 0.05) is 27.1 Å². The molecule has 3 heteroatoms. The molecule has 3 aromatic carbocycles. The Kier molecular flexibility index (Phi) is 3.97. The van der Waals surface area contributed by atoms with Gasteiger partial charge in [-0.1, -0.05) is 74.0 Å². The summed E-state index contributed by atoms with van der Waals surface area (Å²) in [5.41, 5.74) is 5.18. The molecule has 5 rings (SSSR count). The molecule has 28 heavy (non-hydrogen) atoms. The van der Waals surface area contributed by atoms with Crippen LogP contribution in [0.1, 0.15) is 37.6 Å². The summed E-state index contributed by atoms with van der Waals surface area (Å²) < 4.78 is 0. The van der Waals surface area contributed by atoms with Gasteiger partial charge in [0.25, 0.3) is 0 Å². The summed E-state index contributed by atoms with van der Waals surface area (Å²) in [6.07, 6.45) is 1.08. The van der Waals surface area contributed by atoms with Crippen LogP contribution in [0.4, 0.5) is 0 Å². The lowest BCUT2D eigenvalue weighted by Crippen LogP contribution is -2.27. The molecule has 1 unspecified atom stereocenters. The maximum absolute atomic E-state index is 11.1. The Bertz CT molecular complexity index is 1210. The number of aliphatic hydroxyl groups is 1. The number of aromatic nitrogens is 1. The lowest BCUT2D eigenvalue weighted by atomic mass is 9.72. The molecule has 1 aliphatic carbocycles. The summed E-state index contributed by atoms with van der Waals surface area (Å²) in [6, 6.07) is 20.6. The Hall–Kier alpha value is -2.42. The van der Waals surface area contributed by atoms with Crippen LogP contribution in [0.3, 0.4) is 0 Å². The van der Waals surface area contributed by atoms with E-state index in [0.717, 1.165) is 51.5 Å². The zero-order chi connectivity index (χ0) is 19.5. The van der Waals surface area contributed by atoms with Crippen LogP contribution in [0, 0.1) is 5.41 Å². The topological polar surface area (TPSA) is 33.1 Å². The summed E-state index contributed by atoms with van der Waals surface area (Å²) in [7, 11) is 0. The molecule has 0 aliphatic heterocycles. The highest BCUT2D eigenvalue weighted by Crippen LogP contribution is 2.47. The van der Waals surface area contributed by atoms with Crippen molar-refractivity contribution in [2.75, 3.05) is 0 Å². The first-order chi connectivity index (χ1) is 13.4. The normalized spacial score (nSPS) is 18.4. The Morgan fingerprint density at radius 1 is 0.964 bits per heavy atom. The van der Waals surface area contributed by atoms with E-state index in [1.54, 1.807) is 0 Å². The van der Waals surface area contributed by atoms with Gasteiger partial charge in [0.15, 0.2) is 0 Å². The van der Waals surface area contributed by atoms with Crippen LogP contribution in [-0.4, -0.2) is 10.1 Å². The maximum Gasteiger partial charge on any atom is 0.0819 e. The maximum atomic E-state index is 11.1. The molecule has 1 atom stereocenters. The first kappa shape index (κ1) is 17.7. The number of aliphatic hydroxyl groups excluding tert-OH is 1. The molecular formula is C25H22ClNO. The fourth-order valence-corrected chi connectivity index (χ4v) is 4.76. The average Bonchev–Trinajstić information content (AvgIpc) is 2.66. The second-order valence-corrected chi connectivity index (χ2v) is 9.03. The highest BCUT2D eigenvalue weighted by Gasteiger charge is 2.35. The number of hydrogen-bond acceptors (Lipinski definition) is 2. The zero-order valence-corrected chi connectivity index (χ0v) is 16.8. The van der Waals surface area contributed by atoms with Crippen molar-refractivity contribution in [2.24, 2.45) is 5.41 Å². The predicted molar refractivity (Wildman–Crippen MR) is 117 cm³/mol. The van der Waals surface area contributed by atoms with Gasteiger partial charge in [-0.05, 0) is 46.9 Å². The molecule has 1 aromatic heterocycles. The standard InChI is InChI=1S/C25H22ClNO/c1-25(2)13-20-23(21(28)14-25)22(16-7-10-17(26)11-8-16)19-12-9-15-5-3-4-6-18(15)24(19)27-20/h3-12,21,28H,13-14H2,1-2H3. The second kappa shape index (κ2) is 6.30. The van der Waals surface area contributed by atoms with Crippen molar-refractivity contribution in [1.29, 1.82) is 0 Å². The van der Waals surface area contributed by atoms with Gasteiger partial charge < -0.3 is 5.11 Å². The molecule has 0 radical (unpaired) electrons. The van der Waals surface area contributed by atoms with Crippen molar-refractivity contribution in [3.05, 3.63) is 76.9 Å². The number of hydrogen-bond donors (Lipinski definition) is 1. The largest absolute Gasteiger partial charge is 0.388 e. The minimum absolute atomic E-state index is 0.0228. The number of halogens is 1. The van der Waals surface area contributed by atoms with Crippen molar-refractivity contribution in [1.82, 2.24) is 4.98 Å². The lowest BCUT2D eigenvalue weighted by Gasteiger charge is -2.35. The third-order valence-electron chi connectivity index (χ3n) is 5.85. The van der Waals surface area contributed by atoms with Gasteiger partial charge in [-0.25, -0.2) is 0 Å². The van der Waals surface area contributed by atoms with Crippen molar-refractivity contribution in [2.45, 2.75) is 32.8 Å². The molecule has 140 valence electrons. The highest BCUT2D eigenvalue weighted by molar-refractivity contribution is 6.30. The molecule has 0 bridgehead atoms. The first-order valence-electron chi connectivity index (χ1n) is 9.71. The fourth-order valence-electron chi connectivity index (χ4n) is 4.63. The monoisotopic (exact) mass is 387 g/mol. The van der Waals surface area contributed by atoms with E-state index >= 15 is 0 Å². The van der Waals surface area contributed by atoms with Gasteiger partial charge in [-0.2, -0.15) is 0 Å². The fraction of sp³-hybridized carbons (Fsp3) is 0.240. The number of pyridine rings is 1. The van der Waals surface area contributed by atoms with Gasteiger partial charge in [0.2, 0.25) is 0 Å². The summed E-state index contributed by atoms with van der Waals surface area (Å²) in [4.78, 5) is 5.11. The van der Waals surface area contributed by atoms with Gasteiger partial charge in [-0.15, -0.1) is 0 Å². The van der Waals surface area contributed by atoms with Crippen LogP contribution in [0.25, 0.3) is 32.8 Å². The molecule has 0 amide bonds. The first-order valence-corrected chi connectivity index (χ1v) is 10.1. The highest BCUT2D eigenvalue weighted by atomic mass is 35.5. The van der Waals surface area contributed by atoms with E-state index in [-0.39, 0.29) is 5.41 Å². The molecule has 0 fully saturated rings. The van der Waals surface area contributed by atoms with Crippen LogP contribution < -0.4 is 0 Å².